The highest BCUT2D eigenvalue weighted by Crippen LogP contribution is 2.19. The minimum absolute atomic E-state index is 0.0250. The third-order valence-electron chi connectivity index (χ3n) is 2.65. The van der Waals surface area contributed by atoms with E-state index in [9.17, 15) is 5.11 Å². The van der Waals surface area contributed by atoms with Crippen molar-refractivity contribution in [1.82, 2.24) is 19.5 Å². The van der Waals surface area contributed by atoms with Gasteiger partial charge in [0, 0.05) is 6.61 Å². The average Bonchev–Trinajstić information content (AvgIpc) is 2.79. The van der Waals surface area contributed by atoms with Gasteiger partial charge in [0.2, 0.25) is 0 Å². The topological polar surface area (TPSA) is 104 Å². The van der Waals surface area contributed by atoms with Gasteiger partial charge in [-0.3, -0.25) is 0 Å². The number of hydrogen-bond donors (Lipinski definition) is 3. The number of fused-ring (bicyclic) bond motifs is 1. The maximum atomic E-state index is 9.26. The molecule has 92 valence electrons. The Bertz CT molecular complexity index is 499. The molecule has 17 heavy (non-hydrogen) atoms. The van der Waals surface area contributed by atoms with E-state index in [1.807, 2.05) is 0 Å². The Kier molecular flexibility index (Phi) is 3.62. The molecule has 7 heteroatoms. The first-order chi connectivity index (χ1) is 8.31. The van der Waals surface area contributed by atoms with Gasteiger partial charge in [-0.2, -0.15) is 0 Å². The number of aliphatic hydroxyl groups excluding tert-OH is 3. The van der Waals surface area contributed by atoms with Crippen LogP contribution in [0.4, 0.5) is 0 Å². The molecule has 2 aromatic rings. The molecule has 0 amide bonds. The third-order valence-corrected chi connectivity index (χ3v) is 2.65. The second-order valence-electron chi connectivity index (χ2n) is 3.65. The highest BCUT2D eigenvalue weighted by atomic mass is 16.3. The van der Waals surface area contributed by atoms with E-state index in [4.69, 9.17) is 10.2 Å². The third kappa shape index (κ3) is 2.12. The molecule has 1 atom stereocenters. The summed E-state index contributed by atoms with van der Waals surface area (Å²) in [5.74, 6) is 0. The average molecular weight is 238 g/mol. The second kappa shape index (κ2) is 5.17. The Morgan fingerprint density at radius 1 is 1.18 bits per heavy atom. The van der Waals surface area contributed by atoms with Gasteiger partial charge in [-0.15, -0.1) is 0 Å². The van der Waals surface area contributed by atoms with E-state index in [0.717, 1.165) is 0 Å². The molecule has 0 saturated heterocycles. The number of aromatic nitrogens is 4. The van der Waals surface area contributed by atoms with E-state index in [1.165, 1.54) is 12.7 Å². The van der Waals surface area contributed by atoms with Crippen LogP contribution >= 0.6 is 0 Å². The fraction of sp³-hybridized carbons (Fsp3) is 0.500. The van der Waals surface area contributed by atoms with Crippen LogP contribution in [-0.2, 0) is 6.61 Å². The van der Waals surface area contributed by atoms with Crippen LogP contribution in [0.3, 0.4) is 0 Å². The van der Waals surface area contributed by atoms with Crippen molar-refractivity contribution >= 4 is 11.2 Å². The van der Waals surface area contributed by atoms with E-state index in [1.54, 1.807) is 4.57 Å². The first kappa shape index (κ1) is 11.9. The highest BCUT2D eigenvalue weighted by Gasteiger charge is 2.15. The summed E-state index contributed by atoms with van der Waals surface area (Å²) < 4.78 is 1.69. The summed E-state index contributed by atoms with van der Waals surface area (Å²) in [7, 11) is 0. The molecular formula is C10H14N4O3. The van der Waals surface area contributed by atoms with Crippen LogP contribution in [0.15, 0.2) is 12.7 Å². The molecule has 0 aliphatic heterocycles. The van der Waals surface area contributed by atoms with Crippen LogP contribution in [0.5, 0.6) is 0 Å². The molecule has 0 radical (unpaired) electrons. The molecule has 0 fully saturated rings. The number of nitrogens with zero attached hydrogens (tertiary/aromatic N) is 4. The Morgan fingerprint density at radius 2 is 2.00 bits per heavy atom. The zero-order valence-electron chi connectivity index (χ0n) is 9.19. The normalized spacial score (nSPS) is 13.1. The minimum Gasteiger partial charge on any atom is -0.396 e. The first-order valence-electron chi connectivity index (χ1n) is 5.30. The van der Waals surface area contributed by atoms with Gasteiger partial charge in [0.1, 0.15) is 11.8 Å². The second-order valence-corrected chi connectivity index (χ2v) is 3.65. The smallest absolute Gasteiger partial charge is 0.163 e. The summed E-state index contributed by atoms with van der Waals surface area (Å²) in [6.45, 7) is -0.340. The monoisotopic (exact) mass is 238 g/mol. The minimum atomic E-state index is -0.272. The van der Waals surface area contributed by atoms with Gasteiger partial charge in [0.15, 0.2) is 5.65 Å². The number of aliphatic hydroxyl groups is 3. The lowest BCUT2D eigenvalue weighted by molar-refractivity contribution is 0.188. The molecule has 0 saturated carbocycles. The van der Waals surface area contributed by atoms with Gasteiger partial charge in [-0.05, 0) is 6.42 Å². The predicted octanol–water partition coefficient (Wildman–Crippen LogP) is -0.766. The molecule has 1 unspecified atom stereocenters. The zero-order chi connectivity index (χ0) is 12.3. The number of imidazole rings is 1. The summed E-state index contributed by atoms with van der Waals surface area (Å²) in [6.07, 6.45) is 3.30. The van der Waals surface area contributed by atoms with E-state index in [0.29, 0.717) is 23.3 Å². The SMILES string of the molecule is OCCC(CO)n1cnc2c(CO)ncnc21. The lowest BCUT2D eigenvalue weighted by Crippen LogP contribution is -2.14. The Labute approximate surface area is 97.4 Å². The number of rotatable bonds is 5. The van der Waals surface area contributed by atoms with Gasteiger partial charge in [0.05, 0.1) is 31.3 Å². The van der Waals surface area contributed by atoms with Crippen LogP contribution in [0.2, 0.25) is 0 Å². The van der Waals surface area contributed by atoms with E-state index in [-0.39, 0.29) is 25.9 Å². The largest absolute Gasteiger partial charge is 0.396 e. The van der Waals surface area contributed by atoms with Crippen molar-refractivity contribution in [3.63, 3.8) is 0 Å². The van der Waals surface area contributed by atoms with Crippen molar-refractivity contribution in [3.05, 3.63) is 18.3 Å². The molecule has 0 aliphatic rings. The van der Waals surface area contributed by atoms with Gasteiger partial charge >= 0.3 is 0 Å². The highest BCUT2D eigenvalue weighted by molar-refractivity contribution is 5.73. The standard InChI is InChI=1S/C10H14N4O3/c15-2-1-7(3-16)14-6-13-9-8(4-17)11-5-12-10(9)14/h5-7,15-17H,1-4H2. The lowest BCUT2D eigenvalue weighted by Gasteiger charge is -2.14. The van der Waals surface area contributed by atoms with Gasteiger partial charge in [0.25, 0.3) is 0 Å². The number of hydrogen-bond acceptors (Lipinski definition) is 6. The van der Waals surface area contributed by atoms with Crippen molar-refractivity contribution in [1.29, 1.82) is 0 Å². The van der Waals surface area contributed by atoms with Crippen molar-refractivity contribution in [2.45, 2.75) is 19.1 Å². The Balaban J connectivity index is 2.48. The molecule has 0 aliphatic carbocycles. The van der Waals surface area contributed by atoms with Crippen molar-refractivity contribution in [2.24, 2.45) is 0 Å². The summed E-state index contributed by atoms with van der Waals surface area (Å²) in [5.41, 5.74) is 1.53. The molecule has 3 N–H and O–H groups in total. The first-order valence-corrected chi connectivity index (χ1v) is 5.30. The maximum absolute atomic E-state index is 9.26. The fourth-order valence-electron chi connectivity index (χ4n) is 1.75. The fourth-order valence-corrected chi connectivity index (χ4v) is 1.75. The van der Waals surface area contributed by atoms with E-state index >= 15 is 0 Å². The Hall–Kier alpha value is -1.57. The summed E-state index contributed by atoms with van der Waals surface area (Å²) in [5, 5.41) is 27.3. The van der Waals surface area contributed by atoms with Crippen LogP contribution in [-0.4, -0.2) is 48.1 Å². The van der Waals surface area contributed by atoms with Crippen LogP contribution < -0.4 is 0 Å². The van der Waals surface area contributed by atoms with Crippen LogP contribution in [0, 0.1) is 0 Å². The van der Waals surface area contributed by atoms with Crippen molar-refractivity contribution < 1.29 is 15.3 Å². The summed E-state index contributed by atoms with van der Waals surface area (Å²) in [6, 6.07) is -0.272. The predicted molar refractivity (Wildman–Crippen MR) is 59.1 cm³/mol. The Morgan fingerprint density at radius 3 is 2.65 bits per heavy atom. The molecule has 2 rings (SSSR count). The summed E-state index contributed by atoms with van der Waals surface area (Å²) in [4.78, 5) is 12.1. The van der Waals surface area contributed by atoms with Gasteiger partial charge in [-0.25, -0.2) is 15.0 Å². The van der Waals surface area contributed by atoms with Gasteiger partial charge < -0.3 is 19.9 Å². The summed E-state index contributed by atoms with van der Waals surface area (Å²) >= 11 is 0. The van der Waals surface area contributed by atoms with Crippen LogP contribution in [0.25, 0.3) is 11.2 Å². The van der Waals surface area contributed by atoms with Gasteiger partial charge in [-0.1, -0.05) is 0 Å². The maximum Gasteiger partial charge on any atom is 0.163 e. The molecule has 0 aromatic carbocycles. The zero-order valence-corrected chi connectivity index (χ0v) is 9.19. The quantitative estimate of drug-likeness (QED) is 0.632. The molecule has 0 bridgehead atoms. The van der Waals surface area contributed by atoms with Crippen molar-refractivity contribution in [2.75, 3.05) is 13.2 Å². The molecule has 2 aromatic heterocycles. The van der Waals surface area contributed by atoms with Crippen molar-refractivity contribution in [3.8, 4) is 0 Å². The molecule has 7 nitrogen and oxygen atoms in total. The van der Waals surface area contributed by atoms with Crippen LogP contribution in [0.1, 0.15) is 18.2 Å². The molecule has 0 spiro atoms. The van der Waals surface area contributed by atoms with E-state index < -0.39 is 0 Å². The molecule has 2 heterocycles. The lowest BCUT2D eigenvalue weighted by atomic mass is 10.2. The van der Waals surface area contributed by atoms with E-state index in [2.05, 4.69) is 15.0 Å². The molecular weight excluding hydrogens is 224 g/mol.